The van der Waals surface area contributed by atoms with Gasteiger partial charge < -0.3 is 4.74 Å². The zero-order chi connectivity index (χ0) is 21.4. The third kappa shape index (κ3) is 3.80. The van der Waals surface area contributed by atoms with Gasteiger partial charge in [0, 0.05) is 27.7 Å². The Morgan fingerprint density at radius 2 is 1.42 bits per heavy atom. The van der Waals surface area contributed by atoms with Crippen LogP contribution in [0.1, 0.15) is 42.3 Å². The highest BCUT2D eigenvalue weighted by molar-refractivity contribution is 6.30. The lowest BCUT2D eigenvalue weighted by Gasteiger charge is -2.44. The van der Waals surface area contributed by atoms with E-state index in [1.54, 1.807) is 0 Å². The molecule has 0 spiro atoms. The van der Waals surface area contributed by atoms with Crippen molar-refractivity contribution in [3.63, 3.8) is 0 Å². The smallest absolute Gasteiger partial charge is 0.179 e. The van der Waals surface area contributed by atoms with E-state index in [1.165, 1.54) is 21.9 Å². The Morgan fingerprint density at radius 1 is 0.774 bits per heavy atom. The van der Waals surface area contributed by atoms with Gasteiger partial charge in [0.15, 0.2) is 6.23 Å². The van der Waals surface area contributed by atoms with Crippen LogP contribution >= 0.6 is 23.2 Å². The first kappa shape index (κ1) is 20.4. The quantitative estimate of drug-likeness (QED) is 0.313. The van der Waals surface area contributed by atoms with Crippen molar-refractivity contribution in [1.29, 1.82) is 0 Å². The standard InChI is InChI=1S/C27H23Cl2NO/c1-2-17-30-26(19-7-12-21(28)13-8-19)25-23-6-4-3-5-18(23)11-16-24(25)31-27(30)20-9-14-22(29)15-10-20/h3-16,26-27H,2,17H2,1H3. The van der Waals surface area contributed by atoms with Crippen molar-refractivity contribution in [2.75, 3.05) is 6.54 Å². The molecule has 5 rings (SSSR count). The minimum atomic E-state index is -0.202. The second-order valence-electron chi connectivity index (χ2n) is 7.91. The average molecular weight is 448 g/mol. The van der Waals surface area contributed by atoms with E-state index < -0.39 is 0 Å². The van der Waals surface area contributed by atoms with Crippen molar-refractivity contribution in [3.8, 4) is 5.75 Å². The number of rotatable bonds is 4. The Labute approximate surface area is 193 Å². The van der Waals surface area contributed by atoms with E-state index in [9.17, 15) is 0 Å². The van der Waals surface area contributed by atoms with Gasteiger partial charge in [-0.15, -0.1) is 0 Å². The number of halogens is 2. The predicted octanol–water partition coefficient (Wildman–Crippen LogP) is 8.04. The summed E-state index contributed by atoms with van der Waals surface area (Å²) in [5.41, 5.74) is 3.51. The maximum atomic E-state index is 6.66. The highest BCUT2D eigenvalue weighted by Gasteiger charge is 2.38. The lowest BCUT2D eigenvalue weighted by molar-refractivity contribution is -0.0186. The first-order valence-electron chi connectivity index (χ1n) is 10.6. The molecule has 0 radical (unpaired) electrons. The van der Waals surface area contributed by atoms with Crippen LogP contribution < -0.4 is 4.74 Å². The molecule has 1 aliphatic rings. The third-order valence-corrected chi connectivity index (χ3v) is 6.40. The molecule has 2 nitrogen and oxygen atoms in total. The molecule has 0 amide bonds. The molecule has 0 bridgehead atoms. The Hall–Kier alpha value is -2.52. The summed E-state index contributed by atoms with van der Waals surface area (Å²) < 4.78 is 6.66. The molecule has 2 unspecified atom stereocenters. The summed E-state index contributed by atoms with van der Waals surface area (Å²) in [7, 11) is 0. The zero-order valence-corrected chi connectivity index (χ0v) is 18.8. The number of hydrogen-bond acceptors (Lipinski definition) is 2. The molecule has 4 aromatic rings. The fraction of sp³-hybridized carbons (Fsp3) is 0.185. The van der Waals surface area contributed by atoms with Crippen molar-refractivity contribution in [2.24, 2.45) is 0 Å². The zero-order valence-electron chi connectivity index (χ0n) is 17.3. The van der Waals surface area contributed by atoms with Crippen molar-refractivity contribution >= 4 is 34.0 Å². The van der Waals surface area contributed by atoms with E-state index in [-0.39, 0.29) is 12.3 Å². The van der Waals surface area contributed by atoms with E-state index >= 15 is 0 Å². The van der Waals surface area contributed by atoms with Gasteiger partial charge in [0.2, 0.25) is 0 Å². The summed E-state index contributed by atoms with van der Waals surface area (Å²) in [5, 5.41) is 3.90. The number of fused-ring (bicyclic) bond motifs is 3. The van der Waals surface area contributed by atoms with Crippen LogP contribution in [-0.4, -0.2) is 11.4 Å². The maximum Gasteiger partial charge on any atom is 0.179 e. The van der Waals surface area contributed by atoms with Crippen molar-refractivity contribution < 1.29 is 4.74 Å². The van der Waals surface area contributed by atoms with Crippen LogP contribution in [0.25, 0.3) is 10.8 Å². The fourth-order valence-corrected chi connectivity index (χ4v) is 4.80. The topological polar surface area (TPSA) is 12.5 Å². The second kappa shape index (κ2) is 8.55. The Balaban J connectivity index is 1.75. The second-order valence-corrected chi connectivity index (χ2v) is 8.79. The molecule has 0 N–H and O–H groups in total. The summed E-state index contributed by atoms with van der Waals surface area (Å²) in [6.07, 6.45) is 0.809. The van der Waals surface area contributed by atoms with E-state index in [1.807, 2.05) is 24.3 Å². The minimum absolute atomic E-state index is 0.0488. The van der Waals surface area contributed by atoms with Gasteiger partial charge in [-0.3, -0.25) is 4.90 Å². The third-order valence-electron chi connectivity index (χ3n) is 5.90. The lowest BCUT2D eigenvalue weighted by atomic mass is 9.89. The molecule has 1 heterocycles. The van der Waals surface area contributed by atoms with Gasteiger partial charge >= 0.3 is 0 Å². The lowest BCUT2D eigenvalue weighted by Crippen LogP contribution is -2.40. The van der Waals surface area contributed by atoms with Gasteiger partial charge in [-0.1, -0.05) is 84.7 Å². The molecule has 0 saturated heterocycles. The first-order chi connectivity index (χ1) is 15.2. The van der Waals surface area contributed by atoms with E-state index in [4.69, 9.17) is 27.9 Å². The molecule has 4 aromatic carbocycles. The molecular formula is C27H23Cl2NO. The van der Waals surface area contributed by atoms with Gasteiger partial charge in [-0.2, -0.15) is 0 Å². The number of hydrogen-bond donors (Lipinski definition) is 0. The van der Waals surface area contributed by atoms with Crippen LogP contribution in [0.5, 0.6) is 5.75 Å². The molecular weight excluding hydrogens is 425 g/mol. The molecule has 2 atom stereocenters. The maximum absolute atomic E-state index is 6.66. The largest absolute Gasteiger partial charge is 0.470 e. The first-order valence-corrected chi connectivity index (χ1v) is 11.4. The Bertz CT molecular complexity index is 1200. The van der Waals surface area contributed by atoms with Crippen LogP contribution in [0.4, 0.5) is 0 Å². The van der Waals surface area contributed by atoms with Crippen molar-refractivity contribution in [1.82, 2.24) is 4.90 Å². The van der Waals surface area contributed by atoms with Crippen LogP contribution in [0.2, 0.25) is 10.0 Å². The number of nitrogens with zero attached hydrogens (tertiary/aromatic N) is 1. The molecule has 31 heavy (non-hydrogen) atoms. The van der Waals surface area contributed by atoms with E-state index in [0.29, 0.717) is 0 Å². The molecule has 0 aliphatic carbocycles. The molecule has 0 aromatic heterocycles. The minimum Gasteiger partial charge on any atom is -0.470 e. The van der Waals surface area contributed by atoms with Gasteiger partial charge in [-0.05, 0) is 53.1 Å². The molecule has 0 saturated carbocycles. The molecule has 1 aliphatic heterocycles. The molecule has 156 valence electrons. The summed E-state index contributed by atoms with van der Waals surface area (Å²) in [6.45, 7) is 3.10. The summed E-state index contributed by atoms with van der Waals surface area (Å²) >= 11 is 12.4. The van der Waals surface area contributed by atoms with Gasteiger partial charge in [0.25, 0.3) is 0 Å². The summed E-state index contributed by atoms with van der Waals surface area (Å²) in [4.78, 5) is 2.45. The Kier molecular flexibility index (Phi) is 5.62. The fourth-order valence-electron chi connectivity index (χ4n) is 4.54. The summed E-state index contributed by atoms with van der Waals surface area (Å²) in [6, 6.07) is 29.0. The van der Waals surface area contributed by atoms with Crippen molar-refractivity contribution in [3.05, 3.63) is 112 Å². The van der Waals surface area contributed by atoms with Gasteiger partial charge in [0.1, 0.15) is 5.75 Å². The van der Waals surface area contributed by atoms with Crippen molar-refractivity contribution in [2.45, 2.75) is 25.6 Å². The average Bonchev–Trinajstić information content (AvgIpc) is 2.80. The van der Waals surface area contributed by atoms with Crippen LogP contribution in [0, 0.1) is 0 Å². The monoisotopic (exact) mass is 447 g/mol. The van der Waals surface area contributed by atoms with Crippen LogP contribution in [0.3, 0.4) is 0 Å². The molecule has 4 heteroatoms. The normalized spacial score (nSPS) is 18.5. The Morgan fingerprint density at radius 3 is 2.10 bits per heavy atom. The molecule has 0 fully saturated rings. The van der Waals surface area contributed by atoms with E-state index in [0.717, 1.165) is 34.3 Å². The SMILES string of the molecule is CCCN1C(c2ccc(Cl)cc2)Oc2ccc3ccccc3c2C1c1ccc(Cl)cc1. The van der Waals surface area contributed by atoms with Crippen LogP contribution in [-0.2, 0) is 0 Å². The van der Waals surface area contributed by atoms with Crippen LogP contribution in [0.15, 0.2) is 84.9 Å². The number of ether oxygens (including phenoxy) is 1. The van der Waals surface area contributed by atoms with Gasteiger partial charge in [0.05, 0.1) is 6.04 Å². The van der Waals surface area contributed by atoms with E-state index in [2.05, 4.69) is 72.5 Å². The predicted molar refractivity (Wildman–Crippen MR) is 129 cm³/mol. The van der Waals surface area contributed by atoms with Gasteiger partial charge in [-0.25, -0.2) is 0 Å². The highest BCUT2D eigenvalue weighted by atomic mass is 35.5. The number of benzene rings is 4. The highest BCUT2D eigenvalue weighted by Crippen LogP contribution is 2.48. The summed E-state index contributed by atoms with van der Waals surface area (Å²) in [5.74, 6) is 0.922.